The lowest BCUT2D eigenvalue weighted by Gasteiger charge is -2.22. The van der Waals surface area contributed by atoms with Crippen LogP contribution in [0.1, 0.15) is 43.2 Å². The molecule has 1 aliphatic carbocycles. The van der Waals surface area contributed by atoms with Gasteiger partial charge in [0.05, 0.1) is 4.90 Å². The van der Waals surface area contributed by atoms with Crippen LogP contribution in [-0.4, -0.2) is 27.0 Å². The van der Waals surface area contributed by atoms with Gasteiger partial charge in [-0.3, -0.25) is 4.79 Å². The van der Waals surface area contributed by atoms with Crippen LogP contribution in [-0.2, 0) is 21.4 Å². The van der Waals surface area contributed by atoms with Crippen molar-refractivity contribution in [3.8, 4) is 5.75 Å². The Morgan fingerprint density at radius 1 is 1.00 bits per heavy atom. The van der Waals surface area contributed by atoms with Gasteiger partial charge < -0.3 is 10.1 Å². The summed E-state index contributed by atoms with van der Waals surface area (Å²) in [5.74, 6) is 0.255. The van der Waals surface area contributed by atoms with Crippen molar-refractivity contribution in [2.24, 2.45) is 0 Å². The van der Waals surface area contributed by atoms with Gasteiger partial charge in [0.25, 0.3) is 5.91 Å². The molecule has 0 bridgehead atoms. The predicted octanol–water partition coefficient (Wildman–Crippen LogP) is 4.45. The average Bonchev–Trinajstić information content (AvgIpc) is 2.82. The van der Waals surface area contributed by atoms with Crippen molar-refractivity contribution in [1.82, 2.24) is 10.0 Å². The fraction of sp³-hybridized carbons (Fsp3) is 0.346. The molecule has 1 aliphatic rings. The molecule has 0 aromatic heterocycles. The van der Waals surface area contributed by atoms with Gasteiger partial charge in [0, 0.05) is 12.6 Å². The van der Waals surface area contributed by atoms with Crippen molar-refractivity contribution < 1.29 is 17.9 Å². The molecule has 3 aromatic carbocycles. The van der Waals surface area contributed by atoms with Crippen molar-refractivity contribution in [2.75, 3.05) is 6.61 Å². The highest BCUT2D eigenvalue weighted by atomic mass is 32.2. The zero-order valence-electron chi connectivity index (χ0n) is 18.8. The van der Waals surface area contributed by atoms with E-state index in [1.807, 2.05) is 42.5 Å². The van der Waals surface area contributed by atoms with Crippen LogP contribution in [0.15, 0.2) is 65.6 Å². The highest BCUT2D eigenvalue weighted by Gasteiger charge is 2.22. The molecule has 0 unspecified atom stereocenters. The third kappa shape index (κ3) is 5.92. The van der Waals surface area contributed by atoms with E-state index in [1.54, 1.807) is 19.1 Å². The first-order valence-corrected chi connectivity index (χ1v) is 12.9. The maximum Gasteiger partial charge on any atom is 0.258 e. The highest BCUT2D eigenvalue weighted by molar-refractivity contribution is 7.89. The number of nitrogens with one attached hydrogen (secondary N) is 2. The van der Waals surface area contributed by atoms with E-state index in [9.17, 15) is 13.2 Å². The molecule has 0 radical (unpaired) electrons. The Morgan fingerprint density at radius 3 is 2.55 bits per heavy atom. The quantitative estimate of drug-likeness (QED) is 0.514. The molecule has 7 heteroatoms. The second kappa shape index (κ2) is 10.4. The Labute approximate surface area is 195 Å². The summed E-state index contributed by atoms with van der Waals surface area (Å²) in [4.78, 5) is 12.6. The van der Waals surface area contributed by atoms with E-state index in [4.69, 9.17) is 4.74 Å². The van der Waals surface area contributed by atoms with Crippen LogP contribution in [0.3, 0.4) is 0 Å². The summed E-state index contributed by atoms with van der Waals surface area (Å²) >= 11 is 0. The minimum Gasteiger partial charge on any atom is -0.484 e. The zero-order valence-corrected chi connectivity index (χ0v) is 19.7. The fourth-order valence-corrected chi connectivity index (χ4v) is 5.68. The summed E-state index contributed by atoms with van der Waals surface area (Å²) < 4.78 is 33.9. The predicted molar refractivity (Wildman–Crippen MR) is 130 cm³/mol. The van der Waals surface area contributed by atoms with Crippen molar-refractivity contribution in [3.63, 3.8) is 0 Å². The average molecular weight is 467 g/mol. The third-order valence-corrected chi connectivity index (χ3v) is 7.62. The van der Waals surface area contributed by atoms with Gasteiger partial charge in [0.1, 0.15) is 5.75 Å². The number of carbonyl (C=O) groups excluding carboxylic acids is 1. The monoisotopic (exact) mass is 466 g/mol. The molecule has 0 spiro atoms. The first-order valence-electron chi connectivity index (χ1n) is 11.4. The van der Waals surface area contributed by atoms with Crippen LogP contribution in [0.2, 0.25) is 0 Å². The normalized spacial score (nSPS) is 14.8. The molecule has 1 amide bonds. The van der Waals surface area contributed by atoms with E-state index < -0.39 is 10.0 Å². The number of rotatable bonds is 8. The van der Waals surface area contributed by atoms with Gasteiger partial charge in [-0.05, 0) is 59.9 Å². The summed E-state index contributed by atoms with van der Waals surface area (Å²) in [6, 6.07) is 18.8. The maximum atomic E-state index is 12.7. The van der Waals surface area contributed by atoms with Gasteiger partial charge in [-0.15, -0.1) is 0 Å². The van der Waals surface area contributed by atoms with E-state index in [0.717, 1.165) is 42.0 Å². The van der Waals surface area contributed by atoms with Crippen LogP contribution < -0.4 is 14.8 Å². The van der Waals surface area contributed by atoms with Crippen LogP contribution >= 0.6 is 0 Å². The molecule has 3 aromatic rings. The lowest BCUT2D eigenvalue weighted by atomic mass is 9.96. The fourth-order valence-electron chi connectivity index (χ4n) is 4.29. The number of fused-ring (bicyclic) bond motifs is 1. The molecular formula is C26H30N2O4S. The Morgan fingerprint density at radius 2 is 1.76 bits per heavy atom. The van der Waals surface area contributed by atoms with Crippen molar-refractivity contribution in [1.29, 1.82) is 0 Å². The molecule has 2 N–H and O–H groups in total. The second-order valence-corrected chi connectivity index (χ2v) is 10.3. The van der Waals surface area contributed by atoms with Crippen LogP contribution in [0, 0.1) is 6.92 Å². The molecule has 174 valence electrons. The third-order valence-electron chi connectivity index (χ3n) is 6.10. The number of carbonyl (C=O) groups is 1. The largest absolute Gasteiger partial charge is 0.484 e. The zero-order chi connectivity index (χ0) is 23.3. The number of aryl methyl sites for hydroxylation is 1. The van der Waals surface area contributed by atoms with E-state index in [2.05, 4.69) is 10.0 Å². The summed E-state index contributed by atoms with van der Waals surface area (Å²) in [6.45, 7) is 2.05. The molecule has 6 nitrogen and oxygen atoms in total. The topological polar surface area (TPSA) is 84.5 Å². The second-order valence-electron chi connectivity index (χ2n) is 8.59. The van der Waals surface area contributed by atoms with E-state index >= 15 is 0 Å². The maximum absolute atomic E-state index is 12.7. The first kappa shape index (κ1) is 23.3. The Kier molecular flexibility index (Phi) is 7.30. The van der Waals surface area contributed by atoms with Gasteiger partial charge in [-0.25, -0.2) is 13.1 Å². The van der Waals surface area contributed by atoms with Crippen molar-refractivity contribution in [2.45, 2.75) is 56.5 Å². The first-order chi connectivity index (χ1) is 15.9. The van der Waals surface area contributed by atoms with Crippen LogP contribution in [0.25, 0.3) is 10.8 Å². The van der Waals surface area contributed by atoms with Crippen LogP contribution in [0.4, 0.5) is 0 Å². The van der Waals surface area contributed by atoms with E-state index in [1.165, 1.54) is 12.5 Å². The lowest BCUT2D eigenvalue weighted by molar-refractivity contribution is -0.123. The Bertz CT molecular complexity index is 1230. The summed E-state index contributed by atoms with van der Waals surface area (Å²) in [5, 5.41) is 5.13. The van der Waals surface area contributed by atoms with E-state index in [0.29, 0.717) is 17.9 Å². The van der Waals surface area contributed by atoms with Gasteiger partial charge in [-0.1, -0.05) is 61.7 Å². The summed E-state index contributed by atoms with van der Waals surface area (Å²) in [5.41, 5.74) is 1.71. The molecule has 0 heterocycles. The number of sulfonamides is 1. The van der Waals surface area contributed by atoms with Gasteiger partial charge >= 0.3 is 0 Å². The molecule has 0 atom stereocenters. The molecule has 4 rings (SSSR count). The smallest absolute Gasteiger partial charge is 0.258 e. The highest BCUT2D eigenvalue weighted by Crippen LogP contribution is 2.24. The molecule has 0 saturated heterocycles. The van der Waals surface area contributed by atoms with Gasteiger partial charge in [0.2, 0.25) is 10.0 Å². The minimum atomic E-state index is -3.57. The molecule has 0 aliphatic heterocycles. The van der Waals surface area contributed by atoms with Gasteiger partial charge in [0.15, 0.2) is 6.61 Å². The summed E-state index contributed by atoms with van der Waals surface area (Å²) in [7, 11) is -3.57. The number of hydrogen-bond donors (Lipinski definition) is 2. The molecule has 1 fully saturated rings. The van der Waals surface area contributed by atoms with Gasteiger partial charge in [-0.2, -0.15) is 0 Å². The van der Waals surface area contributed by atoms with E-state index in [-0.39, 0.29) is 23.5 Å². The number of amides is 1. The standard InChI is InChI=1S/C26H30N2O4S/c1-19-16-23(33(30,31)28-22-11-3-2-4-12-22)14-15-25(19)32-18-26(29)27-17-21-10-7-9-20-8-5-6-13-24(20)21/h5-10,13-16,22,28H,2-4,11-12,17-18H2,1H3,(H,27,29). The number of benzene rings is 3. The number of ether oxygens (including phenoxy) is 1. The Hall–Kier alpha value is -2.90. The van der Waals surface area contributed by atoms with Crippen LogP contribution in [0.5, 0.6) is 5.75 Å². The number of hydrogen-bond acceptors (Lipinski definition) is 4. The molecule has 1 saturated carbocycles. The summed E-state index contributed by atoms with van der Waals surface area (Å²) in [6.07, 6.45) is 5.04. The SMILES string of the molecule is Cc1cc(S(=O)(=O)NC2CCCCC2)ccc1OCC(=O)NCc1cccc2ccccc12. The Balaban J connectivity index is 1.33. The molecular weight excluding hydrogens is 436 g/mol. The minimum absolute atomic E-state index is 0.00501. The molecule has 33 heavy (non-hydrogen) atoms. The van der Waals surface area contributed by atoms with Crippen molar-refractivity contribution in [3.05, 3.63) is 71.8 Å². The lowest BCUT2D eigenvalue weighted by Crippen LogP contribution is -2.36. The van der Waals surface area contributed by atoms with Crippen molar-refractivity contribution >= 4 is 26.7 Å².